The van der Waals surface area contributed by atoms with Crippen molar-refractivity contribution in [3.8, 4) is 6.07 Å². The summed E-state index contributed by atoms with van der Waals surface area (Å²) in [6.07, 6.45) is 3.31. The van der Waals surface area contributed by atoms with Gasteiger partial charge in [0.1, 0.15) is 5.58 Å². The highest BCUT2D eigenvalue weighted by atomic mass is 16.3. The molecule has 0 bridgehead atoms. The van der Waals surface area contributed by atoms with E-state index in [4.69, 9.17) is 4.42 Å². The van der Waals surface area contributed by atoms with Gasteiger partial charge in [-0.25, -0.2) is 0 Å². The number of nitrogens with zero attached hydrogens (tertiary/aromatic N) is 2. The second-order valence-corrected chi connectivity index (χ2v) is 6.68. The van der Waals surface area contributed by atoms with Crippen molar-refractivity contribution in [2.24, 2.45) is 7.05 Å². The number of fused-ring (bicyclic) bond motifs is 2. The monoisotopic (exact) mass is 367 g/mol. The summed E-state index contributed by atoms with van der Waals surface area (Å²) in [5, 5.41) is 13.2. The van der Waals surface area contributed by atoms with Crippen molar-refractivity contribution in [2.45, 2.75) is 0 Å². The van der Waals surface area contributed by atoms with Crippen molar-refractivity contribution in [1.82, 2.24) is 9.88 Å². The van der Waals surface area contributed by atoms with E-state index in [1.165, 1.54) is 6.26 Å². The van der Waals surface area contributed by atoms with E-state index < -0.39 is 11.8 Å². The molecule has 0 aliphatic carbocycles. The predicted molar refractivity (Wildman–Crippen MR) is 104 cm³/mol. The molecule has 5 rings (SSSR count). The van der Waals surface area contributed by atoms with Gasteiger partial charge in [0.25, 0.3) is 11.8 Å². The molecule has 28 heavy (non-hydrogen) atoms. The Kier molecular flexibility index (Phi) is 3.27. The molecule has 0 radical (unpaired) electrons. The fraction of sp³-hybridized carbons (Fsp3) is 0.0455. The molecular weight excluding hydrogens is 354 g/mol. The van der Waals surface area contributed by atoms with Crippen LogP contribution in [0.2, 0.25) is 0 Å². The van der Waals surface area contributed by atoms with Gasteiger partial charge in [0.2, 0.25) is 0 Å². The Balaban J connectivity index is 1.86. The fourth-order valence-corrected chi connectivity index (χ4v) is 3.80. The van der Waals surface area contributed by atoms with Crippen LogP contribution in [0.5, 0.6) is 0 Å². The number of nitriles is 1. The number of hydrogen-bond donors (Lipinski definition) is 1. The van der Waals surface area contributed by atoms with Crippen LogP contribution in [0, 0.1) is 11.3 Å². The van der Waals surface area contributed by atoms with Gasteiger partial charge >= 0.3 is 0 Å². The number of para-hydroxylation sites is 1. The minimum atomic E-state index is -0.458. The highest BCUT2D eigenvalue weighted by Gasteiger charge is 2.35. The molecule has 0 atom stereocenters. The Bertz CT molecular complexity index is 1400. The van der Waals surface area contributed by atoms with Gasteiger partial charge < -0.3 is 8.98 Å². The lowest BCUT2D eigenvalue weighted by atomic mass is 9.95. The zero-order valence-corrected chi connectivity index (χ0v) is 14.8. The molecule has 0 saturated heterocycles. The standard InChI is InChI=1S/C22H13N3O3/c1-25-10-15(14-8-12(9-23)6-7-17(14)25)19-20(22(27)24-21(19)26)16-11-28-18-5-3-2-4-13(16)18/h2-8,10-11H,1H3,(H,24,26,27). The van der Waals surface area contributed by atoms with Crippen LogP contribution in [0.3, 0.4) is 0 Å². The van der Waals surface area contributed by atoms with E-state index in [2.05, 4.69) is 11.4 Å². The van der Waals surface area contributed by atoms with Crippen LogP contribution in [0.15, 0.2) is 59.3 Å². The van der Waals surface area contributed by atoms with Crippen molar-refractivity contribution in [3.05, 3.63) is 71.6 Å². The van der Waals surface area contributed by atoms with Crippen LogP contribution in [0.25, 0.3) is 33.0 Å². The van der Waals surface area contributed by atoms with Gasteiger partial charge in [-0.2, -0.15) is 5.26 Å². The van der Waals surface area contributed by atoms with Crippen LogP contribution in [-0.2, 0) is 16.6 Å². The number of imide groups is 1. The zero-order chi connectivity index (χ0) is 19.4. The number of carbonyl (C=O) groups excluding carboxylic acids is 2. The number of hydrogen-bond acceptors (Lipinski definition) is 4. The maximum atomic E-state index is 12.7. The molecule has 1 aliphatic heterocycles. The van der Waals surface area contributed by atoms with E-state index in [0.717, 1.165) is 16.3 Å². The largest absolute Gasteiger partial charge is 0.464 e. The molecule has 0 unspecified atom stereocenters. The SMILES string of the molecule is Cn1cc(C2=C(c3coc4ccccc34)C(=O)NC2=O)c2cc(C#N)ccc21. The molecule has 4 aromatic rings. The van der Waals surface area contributed by atoms with Gasteiger partial charge in [-0.05, 0) is 24.3 Å². The maximum Gasteiger partial charge on any atom is 0.259 e. The topological polar surface area (TPSA) is 88.0 Å². The number of aromatic nitrogens is 1. The maximum absolute atomic E-state index is 12.7. The highest BCUT2D eigenvalue weighted by molar-refractivity contribution is 6.50. The first-order chi connectivity index (χ1) is 13.6. The van der Waals surface area contributed by atoms with Gasteiger partial charge in [0, 0.05) is 40.7 Å². The Morgan fingerprint density at radius 1 is 1.00 bits per heavy atom. The van der Waals surface area contributed by atoms with E-state index in [-0.39, 0.29) is 11.1 Å². The summed E-state index contributed by atoms with van der Waals surface area (Å²) in [6, 6.07) is 14.8. The number of furan rings is 1. The Morgan fingerprint density at radius 2 is 1.75 bits per heavy atom. The quantitative estimate of drug-likeness (QED) is 0.550. The van der Waals surface area contributed by atoms with Crippen molar-refractivity contribution in [3.63, 3.8) is 0 Å². The van der Waals surface area contributed by atoms with Crippen LogP contribution >= 0.6 is 0 Å². The summed E-state index contributed by atoms with van der Waals surface area (Å²) in [5.74, 6) is -0.917. The minimum absolute atomic E-state index is 0.282. The molecule has 1 N–H and O–H groups in total. The molecule has 2 aromatic heterocycles. The van der Waals surface area contributed by atoms with Crippen LogP contribution < -0.4 is 5.32 Å². The third-order valence-electron chi connectivity index (χ3n) is 5.07. The number of nitrogens with one attached hydrogen (secondary N) is 1. The average molecular weight is 367 g/mol. The van der Waals surface area contributed by atoms with Crippen LogP contribution in [0.4, 0.5) is 0 Å². The van der Waals surface area contributed by atoms with E-state index in [9.17, 15) is 14.9 Å². The lowest BCUT2D eigenvalue weighted by molar-refractivity contribution is -0.122. The Labute approximate surface area is 159 Å². The fourth-order valence-electron chi connectivity index (χ4n) is 3.80. The number of aryl methyl sites for hydroxylation is 1. The Hall–Kier alpha value is -4.11. The van der Waals surface area contributed by atoms with E-state index in [0.29, 0.717) is 22.3 Å². The van der Waals surface area contributed by atoms with Gasteiger partial charge in [-0.1, -0.05) is 18.2 Å². The Morgan fingerprint density at radius 3 is 2.54 bits per heavy atom. The molecule has 0 saturated carbocycles. The van der Waals surface area contributed by atoms with E-state index in [1.807, 2.05) is 48.1 Å². The third kappa shape index (κ3) is 2.14. The van der Waals surface area contributed by atoms with Crippen molar-refractivity contribution < 1.29 is 14.0 Å². The van der Waals surface area contributed by atoms with Crippen LogP contribution in [-0.4, -0.2) is 16.4 Å². The lowest BCUT2D eigenvalue weighted by Crippen LogP contribution is -2.22. The molecule has 2 aromatic carbocycles. The summed E-state index contributed by atoms with van der Waals surface area (Å²) in [6.45, 7) is 0. The highest BCUT2D eigenvalue weighted by Crippen LogP contribution is 2.38. The normalized spacial score (nSPS) is 14.1. The number of amides is 2. The van der Waals surface area contributed by atoms with Crippen molar-refractivity contribution in [1.29, 1.82) is 5.26 Å². The second kappa shape index (κ2) is 5.69. The zero-order valence-electron chi connectivity index (χ0n) is 14.8. The number of carbonyl (C=O) groups is 2. The van der Waals surface area contributed by atoms with E-state index in [1.54, 1.807) is 12.1 Å². The summed E-state index contributed by atoms with van der Waals surface area (Å²) in [4.78, 5) is 25.4. The first-order valence-corrected chi connectivity index (χ1v) is 8.64. The first kappa shape index (κ1) is 16.1. The summed E-state index contributed by atoms with van der Waals surface area (Å²) < 4.78 is 7.46. The van der Waals surface area contributed by atoms with Gasteiger partial charge in [-0.3, -0.25) is 14.9 Å². The molecule has 3 heterocycles. The molecule has 6 heteroatoms. The average Bonchev–Trinajstić information content (AvgIpc) is 3.34. The molecular formula is C22H13N3O3. The molecule has 6 nitrogen and oxygen atoms in total. The molecule has 0 spiro atoms. The summed E-state index contributed by atoms with van der Waals surface area (Å²) in [7, 11) is 1.86. The predicted octanol–water partition coefficient (Wildman–Crippen LogP) is 3.36. The summed E-state index contributed by atoms with van der Waals surface area (Å²) >= 11 is 0. The van der Waals surface area contributed by atoms with Crippen molar-refractivity contribution >= 4 is 44.8 Å². The number of rotatable bonds is 2. The minimum Gasteiger partial charge on any atom is -0.464 e. The molecule has 1 aliphatic rings. The van der Waals surface area contributed by atoms with Gasteiger partial charge in [0.15, 0.2) is 0 Å². The second-order valence-electron chi connectivity index (χ2n) is 6.68. The molecule has 0 fully saturated rings. The smallest absolute Gasteiger partial charge is 0.259 e. The molecule has 2 amide bonds. The van der Waals surface area contributed by atoms with Gasteiger partial charge in [-0.15, -0.1) is 0 Å². The third-order valence-corrected chi connectivity index (χ3v) is 5.07. The van der Waals surface area contributed by atoms with Gasteiger partial charge in [0.05, 0.1) is 29.0 Å². The van der Waals surface area contributed by atoms with E-state index >= 15 is 0 Å². The molecule has 134 valence electrons. The van der Waals surface area contributed by atoms with Crippen LogP contribution in [0.1, 0.15) is 16.7 Å². The van der Waals surface area contributed by atoms with Crippen molar-refractivity contribution in [2.75, 3.05) is 0 Å². The lowest BCUT2D eigenvalue weighted by Gasteiger charge is -2.02. The first-order valence-electron chi connectivity index (χ1n) is 8.64. The number of benzene rings is 2. The summed E-state index contributed by atoms with van der Waals surface area (Å²) in [5.41, 5.74) is 3.74.